The van der Waals surface area contributed by atoms with Gasteiger partial charge in [0.15, 0.2) is 0 Å². The van der Waals surface area contributed by atoms with Crippen molar-refractivity contribution in [2.24, 2.45) is 35.5 Å². The van der Waals surface area contributed by atoms with E-state index in [1.165, 1.54) is 18.3 Å². The third-order valence-electron chi connectivity index (χ3n) is 10.7. The van der Waals surface area contributed by atoms with Crippen LogP contribution < -0.4 is 4.90 Å². The van der Waals surface area contributed by atoms with Crippen molar-refractivity contribution in [1.29, 1.82) is 0 Å². The highest BCUT2D eigenvalue weighted by Crippen LogP contribution is 2.66. The number of morpholine rings is 1. The summed E-state index contributed by atoms with van der Waals surface area (Å²) >= 11 is 0. The summed E-state index contributed by atoms with van der Waals surface area (Å²) in [5.41, 5.74) is 0.551. The maximum Gasteiger partial charge on any atom is 0.376 e. The van der Waals surface area contributed by atoms with Gasteiger partial charge in [-0.25, -0.2) is 4.79 Å². The van der Waals surface area contributed by atoms with E-state index in [2.05, 4.69) is 46.5 Å². The van der Waals surface area contributed by atoms with E-state index < -0.39 is 24.3 Å². The van der Waals surface area contributed by atoms with Crippen LogP contribution in [0.2, 0.25) is 0 Å². The number of pyridine rings is 1. The monoisotopic (exact) mass is 699 g/mol. The van der Waals surface area contributed by atoms with E-state index in [0.29, 0.717) is 62.2 Å². The first-order chi connectivity index (χ1) is 23.4. The van der Waals surface area contributed by atoms with Gasteiger partial charge >= 0.3 is 13.6 Å². The molecule has 1 aliphatic heterocycles. The molecule has 2 aromatic rings. The minimum absolute atomic E-state index is 0.0261. The fourth-order valence-corrected chi connectivity index (χ4v) is 10.1. The summed E-state index contributed by atoms with van der Waals surface area (Å²) in [5, 5.41) is 12.2. The molecule has 3 aliphatic rings. The molecule has 1 saturated heterocycles. The Hall–Kier alpha value is -2.85. The Kier molecular flexibility index (Phi) is 12.6. The van der Waals surface area contributed by atoms with Gasteiger partial charge < -0.3 is 23.4 Å². The van der Waals surface area contributed by atoms with Crippen LogP contribution in [0.4, 0.5) is 11.4 Å². The van der Waals surface area contributed by atoms with Crippen molar-refractivity contribution in [3.63, 3.8) is 0 Å². The van der Waals surface area contributed by atoms with Crippen LogP contribution in [0.1, 0.15) is 102 Å². The summed E-state index contributed by atoms with van der Waals surface area (Å²) in [6, 6.07) is 7.72. The number of carbonyl (C=O) groups excluding carboxylic acids is 1. The lowest BCUT2D eigenvalue weighted by molar-refractivity contribution is -0.384. The van der Waals surface area contributed by atoms with Crippen LogP contribution >= 0.6 is 7.60 Å². The number of rotatable bonds is 12. The molecule has 8 atom stereocenters. The fraction of sp³-hybridized carbons (Fsp3) is 0.676. The Morgan fingerprint density at radius 3 is 2.06 bits per heavy atom. The van der Waals surface area contributed by atoms with Gasteiger partial charge in [-0.05, 0) is 79.4 Å². The number of benzene rings is 1. The Morgan fingerprint density at radius 1 is 0.959 bits per heavy atom. The van der Waals surface area contributed by atoms with Crippen LogP contribution in [0.25, 0.3) is 0 Å². The Bertz CT molecular complexity index is 1430. The number of nitro groups is 1. The molecule has 0 N–H and O–H groups in total. The third kappa shape index (κ3) is 9.09. The number of hydrogen-bond acceptors (Lipinski definition) is 10. The van der Waals surface area contributed by atoms with Gasteiger partial charge in [0.25, 0.3) is 5.69 Å². The van der Waals surface area contributed by atoms with Gasteiger partial charge in [-0.1, -0.05) is 60.5 Å². The first-order valence-corrected chi connectivity index (χ1v) is 19.7. The molecule has 0 spiro atoms. The van der Waals surface area contributed by atoms with Gasteiger partial charge in [0.2, 0.25) is 5.85 Å². The number of hydrogen-bond donors (Lipinski definition) is 0. The zero-order valence-electron chi connectivity index (χ0n) is 29.9. The Morgan fingerprint density at radius 2 is 1.55 bits per heavy atom. The maximum absolute atomic E-state index is 15.7. The first kappa shape index (κ1) is 37.4. The Balaban J connectivity index is 1.55. The zero-order chi connectivity index (χ0) is 35.3. The van der Waals surface area contributed by atoms with Crippen LogP contribution in [0.3, 0.4) is 0 Å². The molecule has 5 rings (SSSR count). The predicted molar refractivity (Wildman–Crippen MR) is 189 cm³/mol. The molecule has 270 valence electrons. The first-order valence-electron chi connectivity index (χ1n) is 18.0. The van der Waals surface area contributed by atoms with E-state index in [-0.39, 0.29) is 47.1 Å². The van der Waals surface area contributed by atoms with E-state index >= 15 is 4.57 Å². The lowest BCUT2D eigenvalue weighted by Gasteiger charge is -2.43. The van der Waals surface area contributed by atoms with Crippen molar-refractivity contribution in [3.05, 3.63) is 64.0 Å². The predicted octanol–water partition coefficient (Wildman–Crippen LogP) is 8.83. The molecule has 11 nitrogen and oxygen atoms in total. The van der Waals surface area contributed by atoms with Crippen LogP contribution in [-0.4, -0.2) is 54.4 Å². The molecule has 1 aromatic carbocycles. The molecular formula is C37H54N3O8P. The molecule has 0 amide bonds. The second-order valence-electron chi connectivity index (χ2n) is 15.1. The molecule has 0 bridgehead atoms. The largest absolute Gasteiger partial charge is 0.441 e. The van der Waals surface area contributed by atoms with Crippen molar-refractivity contribution in [2.75, 3.05) is 31.2 Å². The van der Waals surface area contributed by atoms with E-state index in [0.717, 1.165) is 25.7 Å². The highest BCUT2D eigenvalue weighted by molar-refractivity contribution is 7.54. The summed E-state index contributed by atoms with van der Waals surface area (Å²) in [6.07, 6.45) is 7.82. The topological polar surface area (TPSA) is 130 Å². The number of ether oxygens (including phenoxy) is 2. The number of aromatic nitrogens is 1. The van der Waals surface area contributed by atoms with Gasteiger partial charge in [0, 0.05) is 37.1 Å². The van der Waals surface area contributed by atoms with Gasteiger partial charge in [-0.3, -0.25) is 19.7 Å². The van der Waals surface area contributed by atoms with Crippen molar-refractivity contribution in [3.8, 4) is 0 Å². The number of anilines is 1. The fourth-order valence-electron chi connectivity index (χ4n) is 7.86. The molecule has 2 aliphatic carbocycles. The average Bonchev–Trinajstić information content (AvgIpc) is 3.07. The Labute approximate surface area is 291 Å². The zero-order valence-corrected chi connectivity index (χ0v) is 30.8. The second-order valence-corrected chi connectivity index (χ2v) is 17.1. The van der Waals surface area contributed by atoms with Crippen LogP contribution in [0.15, 0.2) is 42.7 Å². The molecule has 0 radical (unpaired) electrons. The number of nitro benzene ring substituents is 1. The van der Waals surface area contributed by atoms with Crippen LogP contribution in [-0.2, 0) is 23.1 Å². The molecule has 2 saturated carbocycles. The molecule has 3 fully saturated rings. The quantitative estimate of drug-likeness (QED) is 0.0917. The number of nitrogens with zero attached hydrogens (tertiary/aromatic N) is 3. The third-order valence-corrected chi connectivity index (χ3v) is 12.8. The summed E-state index contributed by atoms with van der Waals surface area (Å²) < 4.78 is 40.9. The minimum Gasteiger partial charge on any atom is -0.441 e. The number of esters is 1. The molecule has 12 heteroatoms. The van der Waals surface area contributed by atoms with Gasteiger partial charge in [-0.2, -0.15) is 0 Å². The van der Waals surface area contributed by atoms with Crippen LogP contribution in [0, 0.1) is 45.6 Å². The highest BCUT2D eigenvalue weighted by atomic mass is 31.2. The van der Waals surface area contributed by atoms with E-state index in [9.17, 15) is 14.9 Å². The molecule has 49 heavy (non-hydrogen) atoms. The van der Waals surface area contributed by atoms with Gasteiger partial charge in [0.05, 0.1) is 35.9 Å². The summed E-state index contributed by atoms with van der Waals surface area (Å²) in [6.45, 7) is 14.9. The maximum atomic E-state index is 15.7. The molecule has 1 unspecified atom stereocenters. The normalized spacial score (nSPS) is 28.2. The average molecular weight is 700 g/mol. The minimum atomic E-state index is -4.27. The number of carbonyl (C=O) groups is 1. The van der Waals surface area contributed by atoms with Crippen molar-refractivity contribution in [2.45, 2.75) is 98.1 Å². The molecular weight excluding hydrogens is 645 g/mol. The SMILES string of the molecule is CC(C)[C@H]1CC[C@@H](C)C[C@H]1OP(=O)(O[C@@H]1C[C@H](C)CC[C@H]1C(C)C)[C@H](OC(=O)c1ccc(N2CCOCC2)c([N+](=O)[O-])c1)c1cccnc1. The molecule has 2 heterocycles. The van der Waals surface area contributed by atoms with Gasteiger partial charge in [0.1, 0.15) is 5.69 Å². The summed E-state index contributed by atoms with van der Waals surface area (Å²) in [4.78, 5) is 31.9. The van der Waals surface area contributed by atoms with E-state index in [1.807, 2.05) is 4.90 Å². The standard InChI is InChI=1S/C37H54N3O8P/c1-24(2)30-12-9-26(5)20-34(30)47-49(44,48-35-21-27(6)10-13-31(35)25(3)4)37(29-8-7-15-38-23-29)46-36(41)28-11-14-32(33(22-28)40(42)43)39-16-18-45-19-17-39/h7-8,11,14-15,22-27,30-31,34-35,37H,9-10,12-13,16-21H2,1-6H3/t26-,27-,30-,31+,34-,35-,37+,49?/m1/s1. The summed E-state index contributed by atoms with van der Waals surface area (Å²) in [7, 11) is -4.27. The van der Waals surface area contributed by atoms with Gasteiger partial charge in [-0.15, -0.1) is 0 Å². The highest BCUT2D eigenvalue weighted by Gasteiger charge is 2.49. The lowest BCUT2D eigenvalue weighted by atomic mass is 9.75. The van der Waals surface area contributed by atoms with Crippen molar-refractivity contribution < 1.29 is 32.8 Å². The van der Waals surface area contributed by atoms with E-state index in [1.54, 1.807) is 24.4 Å². The summed E-state index contributed by atoms with van der Waals surface area (Å²) in [5.74, 6) is -0.662. The second kappa shape index (κ2) is 16.4. The molecule has 1 aromatic heterocycles. The van der Waals surface area contributed by atoms with Crippen LogP contribution in [0.5, 0.6) is 0 Å². The lowest BCUT2D eigenvalue weighted by Crippen LogP contribution is -2.37. The van der Waals surface area contributed by atoms with E-state index in [4.69, 9.17) is 18.5 Å². The van der Waals surface area contributed by atoms with Crippen molar-refractivity contribution in [1.82, 2.24) is 4.98 Å². The van der Waals surface area contributed by atoms with Crippen molar-refractivity contribution >= 4 is 24.9 Å². The smallest absolute Gasteiger partial charge is 0.376 e.